The molecule has 0 saturated carbocycles. The quantitative estimate of drug-likeness (QED) is 0.648. The second-order valence-corrected chi connectivity index (χ2v) is 4.33. The maximum atomic E-state index is 2.17. The molecule has 14 heavy (non-hydrogen) atoms. The van der Waals surface area contributed by atoms with Gasteiger partial charge in [0.25, 0.3) is 0 Å². The van der Waals surface area contributed by atoms with Crippen LogP contribution in [0.25, 0.3) is 0 Å². The van der Waals surface area contributed by atoms with Gasteiger partial charge in [-0.3, -0.25) is 0 Å². The molecule has 0 aliphatic carbocycles. The van der Waals surface area contributed by atoms with Crippen molar-refractivity contribution < 1.29 is 46.3 Å². The molecule has 0 saturated heterocycles. The molecule has 0 aromatic rings. The van der Waals surface area contributed by atoms with E-state index in [2.05, 4.69) is 50.6 Å². The van der Waals surface area contributed by atoms with Crippen LogP contribution in [0, 0.1) is 37.7 Å². The fourth-order valence-corrected chi connectivity index (χ4v) is 2.32. The summed E-state index contributed by atoms with van der Waals surface area (Å²) < 4.78 is 2.74. The molecule has 2 aliphatic rings. The first-order valence-corrected chi connectivity index (χ1v) is 5.21. The monoisotopic (exact) mass is 234 g/mol. The Bertz CT molecular complexity index is 299. The number of allylic oxidation sites excluding steroid dienone is 6. The van der Waals surface area contributed by atoms with Crippen LogP contribution in [0.3, 0.4) is 0 Å². The van der Waals surface area contributed by atoms with Crippen molar-refractivity contribution in [3.8, 4) is 0 Å². The zero-order chi connectivity index (χ0) is 9.26. The average Bonchev–Trinajstić information content (AvgIpc) is 2.65. The minimum atomic E-state index is 0. The van der Waals surface area contributed by atoms with E-state index in [9.17, 15) is 0 Å². The molecule has 2 rings (SSSR count). The van der Waals surface area contributed by atoms with Crippen molar-refractivity contribution in [3.05, 3.63) is 48.1 Å². The van der Waals surface area contributed by atoms with E-state index >= 15 is 0 Å². The second kappa shape index (κ2) is 5.54. The van der Waals surface area contributed by atoms with Crippen molar-refractivity contribution in [2.24, 2.45) is 0 Å². The van der Waals surface area contributed by atoms with Crippen molar-refractivity contribution >= 4 is 12.1 Å². The first-order chi connectivity index (χ1) is 6.27. The van der Waals surface area contributed by atoms with E-state index in [1.165, 1.54) is 20.0 Å². The molecule has 2 atom stereocenters. The molecule has 2 N–H and O–H groups in total. The molecule has 2 nitrogen and oxygen atoms in total. The first kappa shape index (κ1) is 12.6. The fourth-order valence-electron chi connectivity index (χ4n) is 1.33. The van der Waals surface area contributed by atoms with E-state index < -0.39 is 0 Å². The Morgan fingerprint density at radius 3 is 1.64 bits per heavy atom. The van der Waals surface area contributed by atoms with Crippen LogP contribution in [-0.4, -0.2) is 0 Å². The van der Waals surface area contributed by atoms with E-state index in [4.69, 9.17) is 0 Å². The van der Waals surface area contributed by atoms with Crippen molar-refractivity contribution in [2.45, 2.75) is 13.8 Å². The van der Waals surface area contributed by atoms with E-state index in [1.54, 1.807) is 0 Å². The summed E-state index contributed by atoms with van der Waals surface area (Å²) in [5.74, 6) is 0. The van der Waals surface area contributed by atoms with Gasteiger partial charge in [-0.25, -0.2) is 0 Å². The number of nitrogens with one attached hydrogen (secondary N) is 2. The summed E-state index contributed by atoms with van der Waals surface area (Å²) in [6.07, 6.45) is 12.9. The van der Waals surface area contributed by atoms with Crippen LogP contribution in [0.5, 0.6) is 0 Å². The van der Waals surface area contributed by atoms with Gasteiger partial charge < -0.3 is 0 Å². The Balaban J connectivity index is 0.000000980. The van der Waals surface area contributed by atoms with Gasteiger partial charge in [-0.15, -0.1) is 0 Å². The standard InChI is InChI=1S/C10H12N2S.Ar/c1-9-5-3-7-11(9)13-12-8-4-6-10(12)2;/h3-8H,1-2H3;/p+2. The van der Waals surface area contributed by atoms with Crippen LogP contribution in [0.1, 0.15) is 13.8 Å². The van der Waals surface area contributed by atoms with Gasteiger partial charge >= 0.3 is 12.1 Å². The third kappa shape index (κ3) is 2.75. The SMILES string of the molecule is CC1=CC=C[NH+]1S[NH+]1C=CC=C1C.[Ar]. The Morgan fingerprint density at radius 2 is 1.36 bits per heavy atom. The number of hydrogen-bond acceptors (Lipinski definition) is 1. The van der Waals surface area contributed by atoms with E-state index in [1.807, 2.05) is 12.1 Å². The fraction of sp³-hybridized carbons (Fsp3) is 0.200. The molecular weight excluding hydrogens is 220 g/mol. The smallest absolute Gasteiger partial charge is 0.167 e. The number of rotatable bonds is 2. The third-order valence-electron chi connectivity index (χ3n) is 2.18. The van der Waals surface area contributed by atoms with Crippen LogP contribution < -0.4 is 8.61 Å². The molecule has 76 valence electrons. The summed E-state index contributed by atoms with van der Waals surface area (Å²) in [5, 5.41) is 0. The van der Waals surface area contributed by atoms with Gasteiger partial charge in [0.05, 0.1) is 0 Å². The number of quaternary nitrogens is 2. The minimum absolute atomic E-state index is 0. The average molecular weight is 234 g/mol. The largest absolute Gasteiger partial charge is 0.341 e. The Labute approximate surface area is 119 Å². The third-order valence-corrected chi connectivity index (χ3v) is 3.54. The van der Waals surface area contributed by atoms with E-state index in [0.29, 0.717) is 0 Å². The molecule has 4 heteroatoms. The Morgan fingerprint density at radius 1 is 0.929 bits per heavy atom. The summed E-state index contributed by atoms with van der Waals surface area (Å²) in [4.78, 5) is 0. The zero-order valence-corrected chi connectivity index (χ0v) is 9.75. The molecule has 0 bridgehead atoms. The van der Waals surface area contributed by atoms with Gasteiger partial charge in [0, 0.05) is 63.7 Å². The van der Waals surface area contributed by atoms with Crippen molar-refractivity contribution in [3.63, 3.8) is 0 Å². The zero-order valence-electron chi connectivity index (χ0n) is 8.23. The second-order valence-electron chi connectivity index (χ2n) is 3.25. The normalized spacial score (nSPS) is 28.7. The summed E-state index contributed by atoms with van der Waals surface area (Å²) >= 11 is 1.85. The van der Waals surface area contributed by atoms with Gasteiger partial charge in [0.15, 0.2) is 0 Å². The van der Waals surface area contributed by atoms with E-state index in [-0.39, 0.29) is 37.7 Å². The summed E-state index contributed by atoms with van der Waals surface area (Å²) in [5.41, 5.74) is 2.73. The van der Waals surface area contributed by atoms with Gasteiger partial charge in [0.1, 0.15) is 23.8 Å². The molecule has 2 aliphatic heterocycles. The molecule has 0 aromatic heterocycles. The van der Waals surface area contributed by atoms with Gasteiger partial charge in [-0.2, -0.15) is 8.61 Å². The number of hydrogen-bond donors (Lipinski definition) is 2. The topological polar surface area (TPSA) is 8.88 Å². The van der Waals surface area contributed by atoms with Gasteiger partial charge in [-0.1, -0.05) is 0 Å². The van der Waals surface area contributed by atoms with Gasteiger partial charge in [0.2, 0.25) is 0 Å². The predicted molar refractivity (Wildman–Crippen MR) is 55.3 cm³/mol. The first-order valence-electron chi connectivity index (χ1n) is 4.40. The van der Waals surface area contributed by atoms with Crippen molar-refractivity contribution in [2.75, 3.05) is 0 Å². The molecular formula is C10H14ArN2S+2. The molecule has 2 unspecified atom stereocenters. The molecule has 0 fully saturated rings. The van der Waals surface area contributed by atoms with Crippen LogP contribution in [0.2, 0.25) is 0 Å². The van der Waals surface area contributed by atoms with Crippen molar-refractivity contribution in [1.82, 2.24) is 0 Å². The molecule has 2 heterocycles. The van der Waals surface area contributed by atoms with Crippen molar-refractivity contribution in [1.29, 1.82) is 0 Å². The summed E-state index contributed by atoms with van der Waals surface area (Å²) in [6.45, 7) is 4.31. The maximum absolute atomic E-state index is 2.17. The summed E-state index contributed by atoms with van der Waals surface area (Å²) in [7, 11) is 0. The minimum Gasteiger partial charge on any atom is -0.167 e. The maximum Gasteiger partial charge on any atom is 0.341 e. The van der Waals surface area contributed by atoms with Crippen LogP contribution >= 0.6 is 12.1 Å². The van der Waals surface area contributed by atoms with Crippen LogP contribution in [-0.2, 0) is 0 Å². The van der Waals surface area contributed by atoms with Crippen LogP contribution in [0.4, 0.5) is 0 Å². The molecule has 0 spiro atoms. The predicted octanol–water partition coefficient (Wildman–Crippen LogP) is 0.182. The Kier molecular flexibility index (Phi) is 4.97. The molecule has 0 aromatic carbocycles. The molecule has 0 radical (unpaired) electrons. The molecule has 0 amide bonds. The Hall–Kier alpha value is 0.490. The van der Waals surface area contributed by atoms with Gasteiger partial charge in [-0.05, 0) is 12.2 Å². The van der Waals surface area contributed by atoms with E-state index in [0.717, 1.165) is 0 Å². The van der Waals surface area contributed by atoms with Crippen LogP contribution in [0.15, 0.2) is 48.1 Å². The summed E-state index contributed by atoms with van der Waals surface area (Å²) in [6, 6.07) is 0.